The number of rotatable bonds is 10. The number of amides is 1. The van der Waals surface area contributed by atoms with Crippen molar-refractivity contribution in [1.29, 1.82) is 0 Å². The molecule has 0 heterocycles. The van der Waals surface area contributed by atoms with Gasteiger partial charge in [0, 0.05) is 0 Å². The summed E-state index contributed by atoms with van der Waals surface area (Å²) in [5.74, 6) is 0.736. The third kappa shape index (κ3) is 5.95. The second-order valence-corrected chi connectivity index (χ2v) is 10.1. The fourth-order valence-electron chi connectivity index (χ4n) is 3.97. The first-order chi connectivity index (χ1) is 16.7. The highest BCUT2D eigenvalue weighted by Gasteiger charge is 2.29. The maximum absolute atomic E-state index is 13.6. The summed E-state index contributed by atoms with van der Waals surface area (Å²) in [6, 6.07) is 18.7. The van der Waals surface area contributed by atoms with E-state index in [9.17, 15) is 13.2 Å². The van der Waals surface area contributed by atoms with Crippen LogP contribution in [0.3, 0.4) is 0 Å². The van der Waals surface area contributed by atoms with Crippen molar-refractivity contribution in [3.63, 3.8) is 0 Å². The molecule has 186 valence electrons. The van der Waals surface area contributed by atoms with Crippen molar-refractivity contribution in [2.24, 2.45) is 0 Å². The van der Waals surface area contributed by atoms with Crippen LogP contribution in [-0.2, 0) is 14.8 Å². The molecule has 0 aromatic heterocycles. The van der Waals surface area contributed by atoms with Gasteiger partial charge in [-0.25, -0.2) is 8.42 Å². The largest absolute Gasteiger partial charge is 0.493 e. The number of hydrogen-bond donors (Lipinski definition) is 1. The first kappa shape index (κ1) is 26.1. The summed E-state index contributed by atoms with van der Waals surface area (Å²) in [4.78, 5) is 13.4. The van der Waals surface area contributed by atoms with Gasteiger partial charge in [-0.1, -0.05) is 48.9 Å². The lowest BCUT2D eigenvalue weighted by Gasteiger charge is -2.27. The Kier molecular flexibility index (Phi) is 8.40. The molecule has 1 amide bonds. The van der Waals surface area contributed by atoms with E-state index in [-0.39, 0.29) is 17.5 Å². The van der Waals surface area contributed by atoms with Gasteiger partial charge in [-0.15, -0.1) is 0 Å². The quantitative estimate of drug-likeness (QED) is 0.437. The molecule has 35 heavy (non-hydrogen) atoms. The molecule has 3 aromatic carbocycles. The Labute approximate surface area is 207 Å². The molecule has 0 bridgehead atoms. The number of carbonyl (C=O) groups is 1. The number of ether oxygens (including phenoxy) is 2. The topological polar surface area (TPSA) is 84.9 Å². The summed E-state index contributed by atoms with van der Waals surface area (Å²) >= 11 is 0. The molecular formula is C27H32N2O5S. The molecule has 0 saturated heterocycles. The van der Waals surface area contributed by atoms with Crippen LogP contribution in [0.2, 0.25) is 0 Å². The van der Waals surface area contributed by atoms with Crippen molar-refractivity contribution in [2.75, 3.05) is 25.1 Å². The van der Waals surface area contributed by atoms with E-state index in [1.54, 1.807) is 44.6 Å². The predicted molar refractivity (Wildman–Crippen MR) is 138 cm³/mol. The number of nitrogens with zero attached hydrogens (tertiary/aromatic N) is 1. The smallest absolute Gasteiger partial charge is 0.264 e. The molecular weight excluding hydrogens is 464 g/mol. The highest BCUT2D eigenvalue weighted by Crippen LogP contribution is 2.31. The van der Waals surface area contributed by atoms with Crippen LogP contribution >= 0.6 is 0 Å². The van der Waals surface area contributed by atoms with Gasteiger partial charge >= 0.3 is 0 Å². The molecule has 3 aromatic rings. The van der Waals surface area contributed by atoms with Crippen LogP contribution in [0.4, 0.5) is 5.69 Å². The zero-order chi connectivity index (χ0) is 25.6. The van der Waals surface area contributed by atoms with Crippen LogP contribution in [-0.4, -0.2) is 35.1 Å². The third-order valence-corrected chi connectivity index (χ3v) is 7.57. The summed E-state index contributed by atoms with van der Waals surface area (Å²) in [5, 5.41) is 2.98. The Bertz CT molecular complexity index is 1280. The standard InChI is InChI=1S/C27H32N2O5S/c1-6-23(21-13-15-25(33-4)26(17-21)34-5)28-27(30)18-29(24-14-12-19(2)16-20(24)3)35(31,32)22-10-8-7-9-11-22/h7-17,23H,6,18H2,1-5H3,(H,28,30). The van der Waals surface area contributed by atoms with Gasteiger partial charge in [0.2, 0.25) is 5.91 Å². The Morgan fingerprint density at radius 1 is 0.943 bits per heavy atom. The minimum atomic E-state index is -3.98. The van der Waals surface area contributed by atoms with E-state index in [1.807, 2.05) is 45.0 Å². The van der Waals surface area contributed by atoms with E-state index < -0.39 is 15.9 Å². The van der Waals surface area contributed by atoms with Crippen molar-refractivity contribution in [3.8, 4) is 11.5 Å². The maximum Gasteiger partial charge on any atom is 0.264 e. The van der Waals surface area contributed by atoms with E-state index in [4.69, 9.17) is 9.47 Å². The van der Waals surface area contributed by atoms with Crippen LogP contribution in [0.15, 0.2) is 71.6 Å². The molecule has 0 aliphatic rings. The highest BCUT2D eigenvalue weighted by atomic mass is 32.2. The number of methoxy groups -OCH3 is 2. The summed E-state index contributed by atoms with van der Waals surface area (Å²) < 4.78 is 39.1. The lowest BCUT2D eigenvalue weighted by molar-refractivity contribution is -0.120. The monoisotopic (exact) mass is 496 g/mol. The van der Waals surface area contributed by atoms with E-state index in [2.05, 4.69) is 5.32 Å². The van der Waals surface area contributed by atoms with E-state index >= 15 is 0 Å². The van der Waals surface area contributed by atoms with Gasteiger partial charge in [0.1, 0.15) is 6.54 Å². The summed E-state index contributed by atoms with van der Waals surface area (Å²) in [6.45, 7) is 5.37. The molecule has 1 unspecified atom stereocenters. The number of anilines is 1. The van der Waals surface area contributed by atoms with Crippen molar-refractivity contribution >= 4 is 21.6 Å². The van der Waals surface area contributed by atoms with E-state index in [0.29, 0.717) is 23.6 Å². The van der Waals surface area contributed by atoms with Crippen LogP contribution < -0.4 is 19.1 Å². The molecule has 7 nitrogen and oxygen atoms in total. The fraction of sp³-hybridized carbons (Fsp3) is 0.296. The molecule has 1 N–H and O–H groups in total. The molecule has 8 heteroatoms. The Hall–Kier alpha value is -3.52. The zero-order valence-electron chi connectivity index (χ0n) is 20.7. The highest BCUT2D eigenvalue weighted by molar-refractivity contribution is 7.92. The van der Waals surface area contributed by atoms with Gasteiger partial charge in [-0.05, 0) is 61.7 Å². The summed E-state index contributed by atoms with van der Waals surface area (Å²) in [6.07, 6.45) is 0.607. The van der Waals surface area contributed by atoms with Crippen LogP contribution in [0, 0.1) is 13.8 Å². The van der Waals surface area contributed by atoms with Crippen molar-refractivity contribution in [1.82, 2.24) is 5.32 Å². The summed E-state index contributed by atoms with van der Waals surface area (Å²) in [7, 11) is -0.861. The molecule has 0 radical (unpaired) electrons. The van der Waals surface area contributed by atoms with Gasteiger partial charge in [0.15, 0.2) is 11.5 Å². The number of nitrogens with one attached hydrogen (secondary N) is 1. The van der Waals surface area contributed by atoms with Crippen LogP contribution in [0.25, 0.3) is 0 Å². The molecule has 0 aliphatic carbocycles. The fourth-order valence-corrected chi connectivity index (χ4v) is 5.47. The van der Waals surface area contributed by atoms with E-state index in [1.165, 1.54) is 16.4 Å². The molecule has 3 rings (SSSR count). The minimum absolute atomic E-state index is 0.125. The number of benzene rings is 3. The molecule has 0 aliphatic heterocycles. The normalized spacial score (nSPS) is 12.0. The van der Waals surface area contributed by atoms with Crippen LogP contribution in [0.5, 0.6) is 11.5 Å². The maximum atomic E-state index is 13.6. The minimum Gasteiger partial charge on any atom is -0.493 e. The first-order valence-electron chi connectivity index (χ1n) is 11.4. The molecule has 1 atom stereocenters. The molecule has 0 fully saturated rings. The number of sulfonamides is 1. The Morgan fingerprint density at radius 2 is 1.63 bits per heavy atom. The van der Waals surface area contributed by atoms with Crippen molar-refractivity contribution in [3.05, 3.63) is 83.4 Å². The number of carbonyl (C=O) groups excluding carboxylic acids is 1. The van der Waals surface area contributed by atoms with Crippen molar-refractivity contribution in [2.45, 2.75) is 38.1 Å². The average Bonchev–Trinajstić information content (AvgIpc) is 2.86. The Morgan fingerprint density at radius 3 is 2.23 bits per heavy atom. The molecule has 0 saturated carbocycles. The predicted octanol–water partition coefficient (Wildman–Crippen LogP) is 4.78. The second-order valence-electron chi connectivity index (χ2n) is 8.26. The van der Waals surface area contributed by atoms with Crippen molar-refractivity contribution < 1.29 is 22.7 Å². The van der Waals surface area contributed by atoms with Gasteiger partial charge in [0.25, 0.3) is 10.0 Å². The number of aryl methyl sites for hydroxylation is 2. The van der Waals surface area contributed by atoms with Crippen LogP contribution in [0.1, 0.15) is 36.1 Å². The number of hydrogen-bond acceptors (Lipinski definition) is 5. The van der Waals surface area contributed by atoms with Gasteiger partial charge in [-0.2, -0.15) is 0 Å². The summed E-state index contributed by atoms with van der Waals surface area (Å²) in [5.41, 5.74) is 3.08. The Balaban J connectivity index is 1.93. The van der Waals surface area contributed by atoms with E-state index in [0.717, 1.165) is 16.7 Å². The van der Waals surface area contributed by atoms with Gasteiger partial charge < -0.3 is 14.8 Å². The first-order valence-corrected chi connectivity index (χ1v) is 12.8. The SMILES string of the molecule is CCC(NC(=O)CN(c1ccc(C)cc1C)S(=O)(=O)c1ccccc1)c1ccc(OC)c(OC)c1. The third-order valence-electron chi connectivity index (χ3n) is 5.79. The average molecular weight is 497 g/mol. The van der Waals surface area contributed by atoms with Gasteiger partial charge in [0.05, 0.1) is 30.8 Å². The van der Waals surface area contributed by atoms with Gasteiger partial charge in [-0.3, -0.25) is 9.10 Å². The molecule has 0 spiro atoms. The lowest BCUT2D eigenvalue weighted by atomic mass is 10.0. The second kappa shape index (κ2) is 11.3. The zero-order valence-corrected chi connectivity index (χ0v) is 21.6. The lowest BCUT2D eigenvalue weighted by Crippen LogP contribution is -2.42.